The van der Waals surface area contributed by atoms with E-state index in [-0.39, 0.29) is 11.3 Å². The Balaban J connectivity index is 1.65. The van der Waals surface area contributed by atoms with Crippen LogP contribution in [-0.4, -0.2) is 15.0 Å². The molecule has 146 valence electrons. The number of hydrogen-bond acceptors (Lipinski definition) is 4. The Morgan fingerprint density at radius 3 is 2.24 bits per heavy atom. The van der Waals surface area contributed by atoms with Crippen LogP contribution in [0.3, 0.4) is 0 Å². The number of halogens is 3. The summed E-state index contributed by atoms with van der Waals surface area (Å²) in [5.41, 5.74) is 4.03. The van der Waals surface area contributed by atoms with Gasteiger partial charge in [0.15, 0.2) is 0 Å². The lowest BCUT2D eigenvalue weighted by Crippen LogP contribution is -2.12. The van der Waals surface area contributed by atoms with E-state index in [0.717, 1.165) is 23.1 Å². The first-order valence-corrected chi connectivity index (χ1v) is 8.99. The monoisotopic (exact) mass is 394 g/mol. The molecule has 2 aromatic carbocycles. The van der Waals surface area contributed by atoms with Gasteiger partial charge in [-0.25, -0.2) is 9.97 Å². The lowest BCUT2D eigenvalue weighted by atomic mass is 10.1. The zero-order chi connectivity index (χ0) is 20.4. The molecule has 0 aliphatic heterocycles. The molecule has 4 aromatic rings. The molecule has 2 heterocycles. The van der Waals surface area contributed by atoms with E-state index in [1.54, 1.807) is 30.6 Å². The molecule has 4 rings (SSSR count). The fourth-order valence-electron chi connectivity index (χ4n) is 3.04. The summed E-state index contributed by atoms with van der Waals surface area (Å²) in [6, 6.07) is 16.5. The molecule has 7 heteroatoms. The van der Waals surface area contributed by atoms with Gasteiger partial charge in [0.25, 0.3) is 0 Å². The Labute approximate surface area is 165 Å². The van der Waals surface area contributed by atoms with E-state index in [9.17, 15) is 13.2 Å². The Morgan fingerprint density at radius 1 is 0.862 bits per heavy atom. The number of nitrogens with one attached hydrogen (secondary N) is 1. The second-order valence-electron chi connectivity index (χ2n) is 6.77. The Bertz CT molecular complexity index is 1140. The van der Waals surface area contributed by atoms with E-state index in [1.807, 2.05) is 43.3 Å². The van der Waals surface area contributed by atoms with Gasteiger partial charge in [0, 0.05) is 23.5 Å². The van der Waals surface area contributed by atoms with Crippen LogP contribution in [0.2, 0.25) is 0 Å². The molecule has 0 spiro atoms. The minimum atomic E-state index is -4.62. The average Bonchev–Trinajstić information content (AvgIpc) is 2.70. The predicted molar refractivity (Wildman–Crippen MR) is 106 cm³/mol. The molecule has 0 unspecified atom stereocenters. The van der Waals surface area contributed by atoms with Crippen molar-refractivity contribution in [1.82, 2.24) is 15.0 Å². The van der Waals surface area contributed by atoms with Crippen molar-refractivity contribution in [2.75, 3.05) is 5.32 Å². The van der Waals surface area contributed by atoms with E-state index in [2.05, 4.69) is 20.3 Å². The number of rotatable bonds is 4. The average molecular weight is 394 g/mol. The molecule has 0 aliphatic carbocycles. The molecule has 0 fully saturated rings. The van der Waals surface area contributed by atoms with E-state index in [4.69, 9.17) is 0 Å². The number of aromatic nitrogens is 3. The van der Waals surface area contributed by atoms with Crippen molar-refractivity contribution >= 4 is 22.4 Å². The van der Waals surface area contributed by atoms with Gasteiger partial charge in [-0.2, -0.15) is 13.2 Å². The smallest absolute Gasteiger partial charge is 0.340 e. The van der Waals surface area contributed by atoms with Gasteiger partial charge in [0.1, 0.15) is 5.82 Å². The fourth-order valence-corrected chi connectivity index (χ4v) is 3.04. The summed E-state index contributed by atoms with van der Waals surface area (Å²) in [6.07, 6.45) is -0.391. The van der Waals surface area contributed by atoms with Gasteiger partial charge in [-0.15, -0.1) is 0 Å². The van der Waals surface area contributed by atoms with Crippen molar-refractivity contribution in [2.24, 2.45) is 0 Å². The minimum absolute atomic E-state index is 0.132. The normalized spacial score (nSPS) is 11.6. The maximum Gasteiger partial charge on any atom is 0.451 e. The fraction of sp³-hybridized carbons (Fsp3) is 0.136. The largest absolute Gasteiger partial charge is 0.451 e. The standard InChI is InChI=1S/C22H17F3N4/c1-14-2-7-19-18(12-14)20(29-21(28-19)22(23,24)25)27-17-5-3-15(4-6-17)13-16-8-10-26-11-9-16/h2-12H,13H2,1H3,(H,27,28,29). The zero-order valence-electron chi connectivity index (χ0n) is 15.5. The first-order valence-electron chi connectivity index (χ1n) is 8.99. The van der Waals surface area contributed by atoms with Gasteiger partial charge in [-0.3, -0.25) is 4.98 Å². The van der Waals surface area contributed by atoms with Crippen LogP contribution >= 0.6 is 0 Å². The molecule has 29 heavy (non-hydrogen) atoms. The maximum absolute atomic E-state index is 13.2. The number of fused-ring (bicyclic) bond motifs is 1. The molecule has 2 aromatic heterocycles. The van der Waals surface area contributed by atoms with Crippen LogP contribution in [0.25, 0.3) is 10.9 Å². The van der Waals surface area contributed by atoms with Crippen LogP contribution in [0.5, 0.6) is 0 Å². The molecular weight excluding hydrogens is 377 g/mol. The summed E-state index contributed by atoms with van der Waals surface area (Å²) in [5.74, 6) is -1.03. The van der Waals surface area contributed by atoms with Gasteiger partial charge < -0.3 is 5.32 Å². The molecular formula is C22H17F3N4. The molecule has 0 amide bonds. The molecule has 0 saturated carbocycles. The van der Waals surface area contributed by atoms with Crippen LogP contribution in [0.15, 0.2) is 67.0 Å². The van der Waals surface area contributed by atoms with Crippen molar-refractivity contribution in [3.63, 3.8) is 0 Å². The number of alkyl halides is 3. The first kappa shape index (κ1) is 18.9. The van der Waals surface area contributed by atoms with Gasteiger partial charge >= 0.3 is 6.18 Å². The Morgan fingerprint density at radius 2 is 1.55 bits per heavy atom. The Hall–Kier alpha value is -3.48. The third-order valence-electron chi connectivity index (χ3n) is 4.48. The highest BCUT2D eigenvalue weighted by Crippen LogP contribution is 2.32. The number of nitrogens with zero attached hydrogens (tertiary/aromatic N) is 3. The third-order valence-corrected chi connectivity index (χ3v) is 4.48. The highest BCUT2D eigenvalue weighted by atomic mass is 19.4. The van der Waals surface area contributed by atoms with Gasteiger partial charge in [0.2, 0.25) is 5.82 Å². The lowest BCUT2D eigenvalue weighted by Gasteiger charge is -2.13. The van der Waals surface area contributed by atoms with E-state index in [0.29, 0.717) is 11.1 Å². The molecule has 4 nitrogen and oxygen atoms in total. The van der Waals surface area contributed by atoms with Crippen molar-refractivity contribution in [2.45, 2.75) is 19.5 Å². The van der Waals surface area contributed by atoms with Crippen molar-refractivity contribution < 1.29 is 13.2 Å². The second kappa shape index (κ2) is 7.50. The van der Waals surface area contributed by atoms with Crippen LogP contribution in [0.1, 0.15) is 22.5 Å². The number of anilines is 2. The number of hydrogen-bond donors (Lipinski definition) is 1. The van der Waals surface area contributed by atoms with Gasteiger partial charge in [-0.05, 0) is 60.9 Å². The highest BCUT2D eigenvalue weighted by molar-refractivity contribution is 5.91. The summed E-state index contributed by atoms with van der Waals surface area (Å²) in [4.78, 5) is 11.4. The third kappa shape index (κ3) is 4.34. The van der Waals surface area contributed by atoms with Crippen molar-refractivity contribution in [1.29, 1.82) is 0 Å². The quantitative estimate of drug-likeness (QED) is 0.483. The molecule has 0 radical (unpaired) electrons. The summed E-state index contributed by atoms with van der Waals surface area (Å²) >= 11 is 0. The summed E-state index contributed by atoms with van der Waals surface area (Å²) < 4.78 is 39.6. The van der Waals surface area contributed by atoms with Crippen LogP contribution in [0.4, 0.5) is 24.7 Å². The lowest BCUT2D eigenvalue weighted by molar-refractivity contribution is -0.144. The van der Waals surface area contributed by atoms with Crippen LogP contribution < -0.4 is 5.32 Å². The zero-order valence-corrected chi connectivity index (χ0v) is 15.5. The van der Waals surface area contributed by atoms with Crippen LogP contribution in [0, 0.1) is 6.92 Å². The molecule has 0 aliphatic rings. The molecule has 0 bridgehead atoms. The molecule has 0 atom stereocenters. The SMILES string of the molecule is Cc1ccc2nc(C(F)(F)F)nc(Nc3ccc(Cc4ccncc4)cc3)c2c1. The number of pyridine rings is 1. The topological polar surface area (TPSA) is 50.7 Å². The Kier molecular flexibility index (Phi) is 4.88. The van der Waals surface area contributed by atoms with E-state index < -0.39 is 12.0 Å². The highest BCUT2D eigenvalue weighted by Gasteiger charge is 2.35. The first-order chi connectivity index (χ1) is 13.9. The van der Waals surface area contributed by atoms with Gasteiger partial charge in [0.05, 0.1) is 5.52 Å². The molecule has 1 N–H and O–H groups in total. The maximum atomic E-state index is 13.2. The predicted octanol–water partition coefficient (Wildman–Crippen LogP) is 5.69. The summed E-state index contributed by atoms with van der Waals surface area (Å²) in [7, 11) is 0. The summed E-state index contributed by atoms with van der Waals surface area (Å²) in [6.45, 7) is 1.87. The van der Waals surface area contributed by atoms with E-state index in [1.165, 1.54) is 0 Å². The number of benzene rings is 2. The second-order valence-corrected chi connectivity index (χ2v) is 6.77. The molecule has 0 saturated heterocycles. The van der Waals surface area contributed by atoms with Crippen molar-refractivity contribution in [3.05, 3.63) is 89.5 Å². The van der Waals surface area contributed by atoms with E-state index >= 15 is 0 Å². The van der Waals surface area contributed by atoms with Crippen molar-refractivity contribution in [3.8, 4) is 0 Å². The van der Waals surface area contributed by atoms with Gasteiger partial charge in [-0.1, -0.05) is 23.8 Å². The number of aryl methyl sites for hydroxylation is 1. The van der Waals surface area contributed by atoms with Crippen LogP contribution in [-0.2, 0) is 12.6 Å². The minimum Gasteiger partial charge on any atom is -0.340 e. The summed E-state index contributed by atoms with van der Waals surface area (Å²) in [5, 5.41) is 3.56.